The Kier molecular flexibility index (Phi) is 3.94. The molecule has 6 nitrogen and oxygen atoms in total. The van der Waals surface area contributed by atoms with Gasteiger partial charge in [0.15, 0.2) is 0 Å². The summed E-state index contributed by atoms with van der Waals surface area (Å²) in [4.78, 5) is 15.4. The van der Waals surface area contributed by atoms with Gasteiger partial charge in [0.25, 0.3) is 0 Å². The Morgan fingerprint density at radius 3 is 2.81 bits per heavy atom. The number of carboxylic acids is 1. The summed E-state index contributed by atoms with van der Waals surface area (Å²) in [6, 6.07) is 5.38. The molecule has 0 saturated heterocycles. The van der Waals surface area contributed by atoms with Crippen molar-refractivity contribution in [3.8, 4) is 11.9 Å². The Morgan fingerprint density at radius 1 is 1.52 bits per heavy atom. The molecule has 0 amide bonds. The minimum atomic E-state index is -1.28. The largest absolute Gasteiger partial charge is 0.477 e. The van der Waals surface area contributed by atoms with Crippen molar-refractivity contribution in [2.75, 3.05) is 0 Å². The highest BCUT2D eigenvalue weighted by atomic mass is 16.5. The molecular formula is C15H15N3O3. The summed E-state index contributed by atoms with van der Waals surface area (Å²) in [5, 5.41) is 17.9. The molecule has 0 unspecified atom stereocenters. The van der Waals surface area contributed by atoms with Crippen LogP contribution >= 0.6 is 0 Å². The first kappa shape index (κ1) is 14.6. The number of pyridine rings is 1. The molecule has 108 valence electrons. The molecule has 6 heteroatoms. The fourth-order valence-corrected chi connectivity index (χ4v) is 1.87. The van der Waals surface area contributed by atoms with Crippen LogP contribution in [0.2, 0.25) is 0 Å². The summed E-state index contributed by atoms with van der Waals surface area (Å²) in [6.45, 7) is 5.62. The lowest BCUT2D eigenvalue weighted by Gasteiger charge is -2.07. The number of fused-ring (bicyclic) bond motifs is 1. The number of rotatable bonds is 4. The molecule has 0 radical (unpaired) electrons. The molecule has 0 atom stereocenters. The lowest BCUT2D eigenvalue weighted by molar-refractivity contribution is -0.132. The fraction of sp³-hybridized carbons (Fsp3) is 0.267. The molecule has 0 aliphatic rings. The van der Waals surface area contributed by atoms with Gasteiger partial charge in [-0.05, 0) is 38.5 Å². The number of aromatic nitrogens is 2. The Bertz CT molecular complexity index is 766. The zero-order valence-electron chi connectivity index (χ0n) is 12.0. The van der Waals surface area contributed by atoms with Crippen molar-refractivity contribution >= 4 is 17.7 Å². The number of ether oxygens (including phenoxy) is 1. The molecule has 2 aromatic rings. The average molecular weight is 285 g/mol. The van der Waals surface area contributed by atoms with Gasteiger partial charge in [-0.15, -0.1) is 0 Å². The van der Waals surface area contributed by atoms with E-state index >= 15 is 0 Å². The maximum absolute atomic E-state index is 11.0. The predicted molar refractivity (Wildman–Crippen MR) is 76.9 cm³/mol. The molecule has 0 spiro atoms. The van der Waals surface area contributed by atoms with Crippen LogP contribution in [0.1, 0.15) is 25.1 Å². The minimum absolute atomic E-state index is 0.112. The molecule has 0 aromatic carbocycles. The second-order valence-corrected chi connectivity index (χ2v) is 4.88. The molecule has 0 saturated carbocycles. The van der Waals surface area contributed by atoms with Gasteiger partial charge in [-0.3, -0.25) is 4.40 Å². The monoisotopic (exact) mass is 285 g/mol. The van der Waals surface area contributed by atoms with Crippen molar-refractivity contribution in [3.05, 3.63) is 35.2 Å². The number of hydrogen-bond acceptors (Lipinski definition) is 4. The van der Waals surface area contributed by atoms with Crippen LogP contribution < -0.4 is 4.74 Å². The minimum Gasteiger partial charge on any atom is -0.477 e. The highest BCUT2D eigenvalue weighted by Gasteiger charge is 2.16. The van der Waals surface area contributed by atoms with Crippen molar-refractivity contribution in [2.45, 2.75) is 26.9 Å². The average Bonchev–Trinajstić information content (AvgIpc) is 2.71. The third-order valence-electron chi connectivity index (χ3n) is 2.75. The molecular weight excluding hydrogens is 270 g/mol. The van der Waals surface area contributed by atoms with E-state index in [9.17, 15) is 4.79 Å². The lowest BCUT2D eigenvalue weighted by Crippen LogP contribution is -2.07. The highest BCUT2D eigenvalue weighted by Crippen LogP contribution is 2.24. The van der Waals surface area contributed by atoms with Gasteiger partial charge in [0.05, 0.1) is 6.10 Å². The van der Waals surface area contributed by atoms with Crippen LogP contribution in [0.3, 0.4) is 0 Å². The van der Waals surface area contributed by atoms with Gasteiger partial charge in [-0.1, -0.05) is 6.07 Å². The van der Waals surface area contributed by atoms with Crippen molar-refractivity contribution in [2.24, 2.45) is 0 Å². The Labute approximate surface area is 121 Å². The van der Waals surface area contributed by atoms with E-state index in [1.807, 2.05) is 39.1 Å². The number of aryl methyl sites for hydroxylation is 1. The molecule has 21 heavy (non-hydrogen) atoms. The van der Waals surface area contributed by atoms with Crippen LogP contribution in [0, 0.1) is 18.3 Å². The quantitative estimate of drug-likeness (QED) is 0.688. The van der Waals surface area contributed by atoms with E-state index in [0.29, 0.717) is 17.2 Å². The number of imidazole rings is 1. The van der Waals surface area contributed by atoms with E-state index in [-0.39, 0.29) is 11.7 Å². The van der Waals surface area contributed by atoms with Gasteiger partial charge >= 0.3 is 5.97 Å². The Hall–Kier alpha value is -2.81. The van der Waals surface area contributed by atoms with E-state index in [1.165, 1.54) is 6.08 Å². The molecule has 0 aliphatic carbocycles. The third-order valence-corrected chi connectivity index (χ3v) is 2.75. The van der Waals surface area contributed by atoms with Gasteiger partial charge in [-0.25, -0.2) is 4.79 Å². The van der Waals surface area contributed by atoms with Crippen molar-refractivity contribution < 1.29 is 14.6 Å². The number of nitriles is 1. The normalized spacial score (nSPS) is 11.7. The van der Waals surface area contributed by atoms with Gasteiger partial charge in [0, 0.05) is 6.20 Å². The Morgan fingerprint density at radius 2 is 2.24 bits per heavy atom. The summed E-state index contributed by atoms with van der Waals surface area (Å²) in [5.74, 6) is -0.972. The molecule has 2 rings (SSSR count). The topological polar surface area (TPSA) is 87.6 Å². The summed E-state index contributed by atoms with van der Waals surface area (Å²) in [5.41, 5.74) is 1.69. The van der Waals surface area contributed by atoms with E-state index in [2.05, 4.69) is 4.98 Å². The number of carbonyl (C=O) groups is 1. The van der Waals surface area contributed by atoms with E-state index in [0.717, 1.165) is 5.56 Å². The smallest absolute Gasteiger partial charge is 0.346 e. The molecule has 0 fully saturated rings. The van der Waals surface area contributed by atoms with Crippen molar-refractivity contribution in [1.29, 1.82) is 5.26 Å². The lowest BCUT2D eigenvalue weighted by atomic mass is 10.2. The predicted octanol–water partition coefficient (Wildman–Crippen LogP) is 2.42. The van der Waals surface area contributed by atoms with Crippen molar-refractivity contribution in [1.82, 2.24) is 9.38 Å². The maximum Gasteiger partial charge on any atom is 0.346 e. The van der Waals surface area contributed by atoms with E-state index in [4.69, 9.17) is 15.1 Å². The maximum atomic E-state index is 11.0. The summed E-state index contributed by atoms with van der Waals surface area (Å²) < 4.78 is 7.33. The number of carboxylic acid groups (broad SMARTS) is 1. The highest BCUT2D eigenvalue weighted by molar-refractivity contribution is 5.96. The molecule has 1 N–H and O–H groups in total. The number of hydrogen-bond donors (Lipinski definition) is 1. The first-order chi connectivity index (χ1) is 9.92. The first-order valence-electron chi connectivity index (χ1n) is 6.43. The first-order valence-corrected chi connectivity index (χ1v) is 6.43. The number of aliphatic carboxylic acids is 1. The Balaban J connectivity index is 2.70. The zero-order valence-corrected chi connectivity index (χ0v) is 12.0. The second-order valence-electron chi connectivity index (χ2n) is 4.88. The van der Waals surface area contributed by atoms with Crippen LogP contribution in [-0.4, -0.2) is 26.6 Å². The standard InChI is InChI=1S/C15H15N3O3/c1-9(2)21-14-12(6-11(7-16)15(19)20)18-8-10(3)4-5-13(18)17-14/h4-6,8-9H,1-3H3,(H,19,20). The molecule has 0 aliphatic heterocycles. The fourth-order valence-electron chi connectivity index (χ4n) is 1.87. The molecule has 2 heterocycles. The van der Waals surface area contributed by atoms with E-state index in [1.54, 1.807) is 10.5 Å². The van der Waals surface area contributed by atoms with Gasteiger partial charge < -0.3 is 9.84 Å². The summed E-state index contributed by atoms with van der Waals surface area (Å²) >= 11 is 0. The SMILES string of the molecule is Cc1ccc2nc(OC(C)C)c(C=C(C#N)C(=O)O)n2c1. The molecule has 2 aromatic heterocycles. The van der Waals surface area contributed by atoms with E-state index < -0.39 is 5.97 Å². The van der Waals surface area contributed by atoms with Gasteiger partial charge in [0.1, 0.15) is 23.0 Å². The second kappa shape index (κ2) is 5.67. The summed E-state index contributed by atoms with van der Waals surface area (Å²) in [6.07, 6.45) is 2.98. The van der Waals surface area contributed by atoms with Crippen LogP contribution in [0.5, 0.6) is 5.88 Å². The van der Waals surface area contributed by atoms with Crippen molar-refractivity contribution in [3.63, 3.8) is 0 Å². The zero-order chi connectivity index (χ0) is 15.6. The van der Waals surface area contributed by atoms with Gasteiger partial charge in [-0.2, -0.15) is 10.2 Å². The third kappa shape index (κ3) is 3.03. The van der Waals surface area contributed by atoms with Crippen LogP contribution in [-0.2, 0) is 4.79 Å². The molecule has 0 bridgehead atoms. The summed E-state index contributed by atoms with van der Waals surface area (Å²) in [7, 11) is 0. The van der Waals surface area contributed by atoms with Crippen LogP contribution in [0.4, 0.5) is 0 Å². The number of nitrogens with zero attached hydrogens (tertiary/aromatic N) is 3. The van der Waals surface area contributed by atoms with Gasteiger partial charge in [0.2, 0.25) is 5.88 Å². The van der Waals surface area contributed by atoms with Crippen LogP contribution in [0.25, 0.3) is 11.7 Å². The van der Waals surface area contributed by atoms with Crippen LogP contribution in [0.15, 0.2) is 23.9 Å².